The van der Waals surface area contributed by atoms with Crippen molar-refractivity contribution in [3.05, 3.63) is 62.9 Å². The summed E-state index contributed by atoms with van der Waals surface area (Å²) in [6.07, 6.45) is 9.41. The summed E-state index contributed by atoms with van der Waals surface area (Å²) in [6, 6.07) is 6.04. The summed E-state index contributed by atoms with van der Waals surface area (Å²) in [7, 11) is 0. The second-order valence-corrected chi connectivity index (χ2v) is 8.13. The van der Waals surface area contributed by atoms with E-state index in [1.54, 1.807) is 22.2 Å². The lowest BCUT2D eigenvalue weighted by Gasteiger charge is -2.04. The van der Waals surface area contributed by atoms with Crippen LogP contribution in [0.5, 0.6) is 0 Å². The van der Waals surface area contributed by atoms with Gasteiger partial charge in [-0.1, -0.05) is 12.5 Å². The van der Waals surface area contributed by atoms with Gasteiger partial charge in [0.25, 0.3) is 5.56 Å². The Hall–Kier alpha value is -2.47. The van der Waals surface area contributed by atoms with Crippen molar-refractivity contribution in [2.45, 2.75) is 45.6 Å². The molecule has 5 rings (SSSR count). The molecule has 1 aliphatic rings. The van der Waals surface area contributed by atoms with Crippen LogP contribution in [0.15, 0.2) is 35.5 Å². The molecule has 0 spiro atoms. The van der Waals surface area contributed by atoms with E-state index in [1.807, 2.05) is 18.3 Å². The van der Waals surface area contributed by atoms with Crippen LogP contribution in [0, 0.1) is 6.92 Å². The highest BCUT2D eigenvalue weighted by Crippen LogP contribution is 2.32. The van der Waals surface area contributed by atoms with Gasteiger partial charge in [-0.05, 0) is 50.3 Å². The molecule has 0 aliphatic heterocycles. The Balaban J connectivity index is 1.60. The lowest BCUT2D eigenvalue weighted by Crippen LogP contribution is -2.21. The summed E-state index contributed by atoms with van der Waals surface area (Å²) in [5.41, 5.74) is 4.24. The molecule has 0 atom stereocenters. The van der Waals surface area contributed by atoms with Crippen molar-refractivity contribution in [3.8, 4) is 0 Å². The molecule has 5 nitrogen and oxygen atoms in total. The summed E-state index contributed by atoms with van der Waals surface area (Å²) in [5, 5.41) is 0.842. The van der Waals surface area contributed by atoms with E-state index in [0.717, 1.165) is 40.1 Å². The maximum absolute atomic E-state index is 13.2. The molecule has 0 radical (unpaired) electrons. The number of aromatic nitrogens is 4. The molecular formula is C20H20N4OS. The number of fused-ring (bicyclic) bond motifs is 4. The molecule has 26 heavy (non-hydrogen) atoms. The Morgan fingerprint density at radius 2 is 2.08 bits per heavy atom. The quantitative estimate of drug-likeness (QED) is 0.509. The summed E-state index contributed by atoms with van der Waals surface area (Å²) in [5.74, 6) is 0. The first kappa shape index (κ1) is 15.8. The van der Waals surface area contributed by atoms with Gasteiger partial charge in [0, 0.05) is 16.8 Å². The van der Waals surface area contributed by atoms with Crippen molar-refractivity contribution in [3.63, 3.8) is 0 Å². The van der Waals surface area contributed by atoms with Crippen molar-refractivity contribution in [1.82, 2.24) is 18.9 Å². The average Bonchev–Trinajstić information content (AvgIpc) is 3.12. The first-order valence-electron chi connectivity index (χ1n) is 9.14. The summed E-state index contributed by atoms with van der Waals surface area (Å²) < 4.78 is 3.76. The molecule has 6 heteroatoms. The van der Waals surface area contributed by atoms with E-state index < -0.39 is 0 Å². The molecule has 4 heterocycles. The minimum Gasteiger partial charge on any atom is -0.304 e. The van der Waals surface area contributed by atoms with Gasteiger partial charge < -0.3 is 4.40 Å². The number of hydrogen-bond acceptors (Lipinski definition) is 4. The van der Waals surface area contributed by atoms with Gasteiger partial charge in [0.05, 0.1) is 24.0 Å². The van der Waals surface area contributed by atoms with E-state index in [4.69, 9.17) is 0 Å². The fourth-order valence-corrected chi connectivity index (χ4v) is 5.14. The average molecular weight is 364 g/mol. The third kappa shape index (κ3) is 2.48. The van der Waals surface area contributed by atoms with Gasteiger partial charge in [-0.3, -0.25) is 9.36 Å². The van der Waals surface area contributed by atoms with Crippen molar-refractivity contribution in [2.24, 2.45) is 0 Å². The molecule has 4 aromatic heterocycles. The molecule has 4 aromatic rings. The van der Waals surface area contributed by atoms with E-state index in [9.17, 15) is 4.79 Å². The van der Waals surface area contributed by atoms with Gasteiger partial charge in [-0.15, -0.1) is 11.3 Å². The van der Waals surface area contributed by atoms with Gasteiger partial charge in [0.15, 0.2) is 0 Å². The number of pyridine rings is 1. The van der Waals surface area contributed by atoms with Gasteiger partial charge >= 0.3 is 0 Å². The van der Waals surface area contributed by atoms with Gasteiger partial charge in [-0.25, -0.2) is 9.97 Å². The number of rotatable bonds is 2. The summed E-state index contributed by atoms with van der Waals surface area (Å²) >= 11 is 1.70. The van der Waals surface area contributed by atoms with E-state index in [-0.39, 0.29) is 5.56 Å². The third-order valence-electron chi connectivity index (χ3n) is 5.27. The van der Waals surface area contributed by atoms with Crippen LogP contribution in [0.1, 0.15) is 41.1 Å². The van der Waals surface area contributed by atoms with Gasteiger partial charge in [0.2, 0.25) is 0 Å². The largest absolute Gasteiger partial charge is 0.304 e. The highest BCUT2D eigenvalue weighted by Gasteiger charge is 2.19. The molecule has 0 aromatic carbocycles. The highest BCUT2D eigenvalue weighted by atomic mass is 32.1. The summed E-state index contributed by atoms with van der Waals surface area (Å²) in [6.45, 7) is 2.51. The van der Waals surface area contributed by atoms with Crippen LogP contribution < -0.4 is 5.56 Å². The van der Waals surface area contributed by atoms with E-state index >= 15 is 0 Å². The molecule has 0 saturated heterocycles. The highest BCUT2D eigenvalue weighted by molar-refractivity contribution is 7.18. The van der Waals surface area contributed by atoms with E-state index in [0.29, 0.717) is 6.54 Å². The molecule has 0 fully saturated rings. The number of thiophene rings is 1. The topological polar surface area (TPSA) is 52.2 Å². The van der Waals surface area contributed by atoms with Crippen LogP contribution in [-0.2, 0) is 19.4 Å². The zero-order chi connectivity index (χ0) is 17.7. The maximum atomic E-state index is 13.2. The Bertz CT molecular complexity index is 1180. The molecule has 0 N–H and O–H groups in total. The van der Waals surface area contributed by atoms with Crippen LogP contribution in [0.2, 0.25) is 0 Å². The normalized spacial score (nSPS) is 14.7. The van der Waals surface area contributed by atoms with Crippen molar-refractivity contribution < 1.29 is 0 Å². The van der Waals surface area contributed by atoms with E-state index in [2.05, 4.69) is 27.4 Å². The second kappa shape index (κ2) is 6.06. The fourth-order valence-electron chi connectivity index (χ4n) is 3.92. The lowest BCUT2D eigenvalue weighted by molar-refractivity contribution is 0.711. The van der Waals surface area contributed by atoms with Gasteiger partial charge in [0.1, 0.15) is 10.5 Å². The third-order valence-corrected chi connectivity index (χ3v) is 6.47. The lowest BCUT2D eigenvalue weighted by atomic mass is 10.1. The minimum absolute atomic E-state index is 0.0724. The van der Waals surface area contributed by atoms with Gasteiger partial charge in [-0.2, -0.15) is 0 Å². The molecular weight excluding hydrogens is 344 g/mol. The number of aryl methyl sites for hydroxylation is 3. The monoisotopic (exact) mass is 364 g/mol. The molecule has 1 aliphatic carbocycles. The number of nitrogens with zero attached hydrogens (tertiary/aromatic N) is 4. The first-order valence-corrected chi connectivity index (χ1v) is 9.95. The van der Waals surface area contributed by atoms with Crippen LogP contribution in [-0.4, -0.2) is 18.9 Å². The molecule has 0 amide bonds. The van der Waals surface area contributed by atoms with Crippen LogP contribution in [0.3, 0.4) is 0 Å². The Morgan fingerprint density at radius 1 is 1.19 bits per heavy atom. The molecule has 0 bridgehead atoms. The predicted octanol–water partition coefficient (Wildman–Crippen LogP) is 3.73. The zero-order valence-corrected chi connectivity index (χ0v) is 15.6. The zero-order valence-electron chi connectivity index (χ0n) is 14.7. The summed E-state index contributed by atoms with van der Waals surface area (Å²) in [4.78, 5) is 24.7. The Morgan fingerprint density at radius 3 is 2.96 bits per heavy atom. The van der Waals surface area contributed by atoms with E-state index in [1.165, 1.54) is 29.7 Å². The Kier molecular flexibility index (Phi) is 3.67. The standard InChI is InChI=1S/C20H20N4OS/c1-13-6-5-9-17-22-14(11-24(13)17)10-23-12-21-19-18(20(23)25)15-7-3-2-4-8-16(15)26-19/h5-6,9,11-12H,2-4,7-8,10H2,1H3. The minimum atomic E-state index is 0.0724. The fraction of sp³-hybridized carbons (Fsp3) is 0.350. The molecule has 0 saturated carbocycles. The smallest absolute Gasteiger partial charge is 0.262 e. The number of imidazole rings is 1. The predicted molar refractivity (Wildman–Crippen MR) is 104 cm³/mol. The van der Waals surface area contributed by atoms with Crippen molar-refractivity contribution in [1.29, 1.82) is 0 Å². The molecule has 0 unspecified atom stereocenters. The maximum Gasteiger partial charge on any atom is 0.262 e. The number of hydrogen-bond donors (Lipinski definition) is 0. The van der Waals surface area contributed by atoms with Crippen LogP contribution >= 0.6 is 11.3 Å². The van der Waals surface area contributed by atoms with Crippen molar-refractivity contribution in [2.75, 3.05) is 0 Å². The van der Waals surface area contributed by atoms with Crippen LogP contribution in [0.4, 0.5) is 0 Å². The van der Waals surface area contributed by atoms with Crippen molar-refractivity contribution >= 4 is 27.2 Å². The SMILES string of the molecule is Cc1cccc2nc(Cn3cnc4sc5c(c4c3=O)CCCCC5)cn12. The Labute approximate surface area is 155 Å². The first-order chi connectivity index (χ1) is 12.7. The second-order valence-electron chi connectivity index (χ2n) is 7.05. The molecule has 132 valence electrons. The van der Waals surface area contributed by atoms with Crippen LogP contribution in [0.25, 0.3) is 15.9 Å².